The Labute approximate surface area is 117 Å². The van der Waals surface area contributed by atoms with Gasteiger partial charge < -0.3 is 14.8 Å². The normalized spacial score (nSPS) is 12.5. The lowest BCUT2D eigenvalue weighted by molar-refractivity contribution is 0.272. The number of rotatable bonds is 8. The molecule has 0 saturated heterocycles. The average molecular weight is 265 g/mol. The molecule has 1 rings (SSSR count). The summed E-state index contributed by atoms with van der Waals surface area (Å²) in [5.74, 6) is 2.29. The van der Waals surface area contributed by atoms with E-state index in [1.54, 1.807) is 7.11 Å². The summed E-state index contributed by atoms with van der Waals surface area (Å²) < 4.78 is 11.2. The Bertz CT molecular complexity index is 377. The molecule has 1 unspecified atom stereocenters. The molecular formula is C16H27NO2. The van der Waals surface area contributed by atoms with Crippen LogP contribution in [-0.4, -0.2) is 20.3 Å². The van der Waals surface area contributed by atoms with Gasteiger partial charge in [-0.2, -0.15) is 0 Å². The number of nitrogens with one attached hydrogen (secondary N) is 1. The molecule has 0 radical (unpaired) electrons. The maximum atomic E-state index is 5.79. The third-order valence-electron chi connectivity index (χ3n) is 3.15. The molecule has 0 aliphatic rings. The zero-order valence-corrected chi connectivity index (χ0v) is 12.8. The zero-order valence-electron chi connectivity index (χ0n) is 12.8. The van der Waals surface area contributed by atoms with Crippen molar-refractivity contribution in [1.29, 1.82) is 0 Å². The summed E-state index contributed by atoms with van der Waals surface area (Å²) in [6.07, 6.45) is 1.05. The van der Waals surface area contributed by atoms with Gasteiger partial charge in [0.05, 0.1) is 13.7 Å². The van der Waals surface area contributed by atoms with E-state index < -0.39 is 0 Å². The van der Waals surface area contributed by atoms with Crippen molar-refractivity contribution in [2.45, 2.75) is 40.2 Å². The van der Waals surface area contributed by atoms with E-state index >= 15 is 0 Å². The van der Waals surface area contributed by atoms with E-state index in [-0.39, 0.29) is 0 Å². The van der Waals surface area contributed by atoms with Gasteiger partial charge in [0.2, 0.25) is 0 Å². The molecule has 1 atom stereocenters. The molecule has 0 heterocycles. The van der Waals surface area contributed by atoms with Crippen LogP contribution in [0.5, 0.6) is 11.5 Å². The Morgan fingerprint density at radius 1 is 1.16 bits per heavy atom. The Morgan fingerprint density at radius 2 is 1.89 bits per heavy atom. The highest BCUT2D eigenvalue weighted by atomic mass is 16.5. The highest BCUT2D eigenvalue weighted by molar-refractivity contribution is 5.43. The van der Waals surface area contributed by atoms with Gasteiger partial charge >= 0.3 is 0 Å². The first-order valence-corrected chi connectivity index (χ1v) is 7.12. The van der Waals surface area contributed by atoms with Crippen LogP contribution in [0.4, 0.5) is 0 Å². The molecule has 108 valence electrons. The highest BCUT2D eigenvalue weighted by Gasteiger charge is 2.10. The van der Waals surface area contributed by atoms with Gasteiger partial charge in [0, 0.05) is 6.04 Å². The van der Waals surface area contributed by atoms with E-state index in [1.807, 2.05) is 6.07 Å². The van der Waals surface area contributed by atoms with Crippen molar-refractivity contribution in [3.63, 3.8) is 0 Å². The lowest BCUT2D eigenvalue weighted by Gasteiger charge is -2.16. The maximum Gasteiger partial charge on any atom is 0.161 e. The fourth-order valence-corrected chi connectivity index (χ4v) is 1.90. The predicted octanol–water partition coefficient (Wildman–Crippen LogP) is 3.79. The van der Waals surface area contributed by atoms with Crippen molar-refractivity contribution < 1.29 is 9.47 Å². The van der Waals surface area contributed by atoms with Gasteiger partial charge in [0.25, 0.3) is 0 Å². The first-order chi connectivity index (χ1) is 9.08. The van der Waals surface area contributed by atoms with Crippen molar-refractivity contribution in [3.05, 3.63) is 23.8 Å². The third kappa shape index (κ3) is 5.11. The van der Waals surface area contributed by atoms with Crippen molar-refractivity contribution >= 4 is 0 Å². The lowest BCUT2D eigenvalue weighted by atomic mass is 10.1. The average Bonchev–Trinajstić information content (AvgIpc) is 2.38. The van der Waals surface area contributed by atoms with Crippen molar-refractivity contribution in [1.82, 2.24) is 5.32 Å². The van der Waals surface area contributed by atoms with Gasteiger partial charge in [-0.1, -0.05) is 26.8 Å². The summed E-state index contributed by atoms with van der Waals surface area (Å²) in [7, 11) is 1.69. The predicted molar refractivity (Wildman–Crippen MR) is 80.0 cm³/mol. The molecule has 1 aromatic rings. The number of hydrogen-bond acceptors (Lipinski definition) is 3. The molecule has 3 heteroatoms. The lowest BCUT2D eigenvalue weighted by Crippen LogP contribution is -2.17. The number of methoxy groups -OCH3 is 1. The van der Waals surface area contributed by atoms with Crippen LogP contribution in [0, 0.1) is 5.92 Å². The van der Waals surface area contributed by atoms with Gasteiger partial charge in [-0.15, -0.1) is 0 Å². The molecule has 19 heavy (non-hydrogen) atoms. The summed E-state index contributed by atoms with van der Waals surface area (Å²) in [6, 6.07) is 6.48. The summed E-state index contributed by atoms with van der Waals surface area (Å²) >= 11 is 0. The second kappa shape index (κ2) is 8.05. The fraction of sp³-hybridized carbons (Fsp3) is 0.625. The van der Waals surface area contributed by atoms with Gasteiger partial charge in [0.15, 0.2) is 11.5 Å². The maximum absolute atomic E-state index is 5.79. The summed E-state index contributed by atoms with van der Waals surface area (Å²) in [6.45, 7) is 10.3. The second-order valence-electron chi connectivity index (χ2n) is 5.22. The smallest absolute Gasteiger partial charge is 0.161 e. The fourth-order valence-electron chi connectivity index (χ4n) is 1.90. The molecule has 0 bridgehead atoms. The first kappa shape index (κ1) is 15.8. The first-order valence-electron chi connectivity index (χ1n) is 7.12. The topological polar surface area (TPSA) is 30.5 Å². The van der Waals surface area contributed by atoms with Crippen molar-refractivity contribution in [2.75, 3.05) is 20.3 Å². The summed E-state index contributed by atoms with van der Waals surface area (Å²) in [5.41, 5.74) is 1.22. The monoisotopic (exact) mass is 265 g/mol. The van der Waals surface area contributed by atoms with E-state index in [1.165, 1.54) is 5.56 Å². The molecule has 0 fully saturated rings. The van der Waals surface area contributed by atoms with Gasteiger partial charge in [-0.05, 0) is 43.5 Å². The van der Waals surface area contributed by atoms with E-state index in [2.05, 4.69) is 45.1 Å². The highest BCUT2D eigenvalue weighted by Crippen LogP contribution is 2.30. The molecule has 0 saturated carbocycles. The van der Waals surface area contributed by atoms with Crippen LogP contribution in [0.15, 0.2) is 18.2 Å². The second-order valence-corrected chi connectivity index (χ2v) is 5.22. The van der Waals surface area contributed by atoms with Gasteiger partial charge in [0.1, 0.15) is 0 Å². The van der Waals surface area contributed by atoms with Crippen LogP contribution in [0.1, 0.15) is 45.7 Å². The van der Waals surface area contributed by atoms with Crippen molar-refractivity contribution in [3.8, 4) is 11.5 Å². The summed E-state index contributed by atoms with van der Waals surface area (Å²) in [5, 5.41) is 3.39. The minimum absolute atomic E-state index is 0.323. The van der Waals surface area contributed by atoms with Crippen LogP contribution >= 0.6 is 0 Å². The van der Waals surface area contributed by atoms with Crippen LogP contribution in [0.2, 0.25) is 0 Å². The molecular weight excluding hydrogens is 238 g/mol. The Morgan fingerprint density at radius 3 is 2.47 bits per heavy atom. The molecule has 0 spiro atoms. The Hall–Kier alpha value is -1.22. The minimum Gasteiger partial charge on any atom is -0.493 e. The molecule has 1 N–H and O–H groups in total. The molecule has 3 nitrogen and oxygen atoms in total. The van der Waals surface area contributed by atoms with E-state index in [0.717, 1.165) is 31.1 Å². The molecule has 0 aliphatic carbocycles. The minimum atomic E-state index is 0.323. The van der Waals surface area contributed by atoms with Gasteiger partial charge in [-0.25, -0.2) is 0 Å². The number of benzene rings is 1. The van der Waals surface area contributed by atoms with Gasteiger partial charge in [-0.3, -0.25) is 0 Å². The Balaban J connectivity index is 2.72. The largest absolute Gasteiger partial charge is 0.493 e. The zero-order chi connectivity index (χ0) is 14.3. The third-order valence-corrected chi connectivity index (χ3v) is 3.15. The molecule has 0 aromatic heterocycles. The van der Waals surface area contributed by atoms with E-state index in [9.17, 15) is 0 Å². The van der Waals surface area contributed by atoms with Crippen LogP contribution in [0.3, 0.4) is 0 Å². The molecule has 0 amide bonds. The van der Waals surface area contributed by atoms with Crippen LogP contribution in [0.25, 0.3) is 0 Å². The van der Waals surface area contributed by atoms with Crippen LogP contribution in [-0.2, 0) is 0 Å². The Kier molecular flexibility index (Phi) is 6.71. The summed E-state index contributed by atoms with van der Waals surface area (Å²) in [4.78, 5) is 0. The van der Waals surface area contributed by atoms with E-state index in [4.69, 9.17) is 9.47 Å². The van der Waals surface area contributed by atoms with E-state index in [0.29, 0.717) is 12.0 Å². The molecule has 1 aromatic carbocycles. The molecule has 0 aliphatic heterocycles. The quantitative estimate of drug-likeness (QED) is 0.775. The standard InChI is InChI=1S/C16H27NO2/c1-6-17-13(4)14-7-8-15(16(11-14)18-5)19-10-9-12(2)3/h7-8,11-13,17H,6,9-10H2,1-5H3. The number of hydrogen-bond donors (Lipinski definition) is 1. The van der Waals surface area contributed by atoms with Crippen molar-refractivity contribution in [2.24, 2.45) is 5.92 Å². The number of ether oxygens (including phenoxy) is 2. The van der Waals surface area contributed by atoms with Crippen LogP contribution < -0.4 is 14.8 Å². The SMILES string of the molecule is CCNC(C)c1ccc(OCCC(C)C)c(OC)c1.